The van der Waals surface area contributed by atoms with E-state index in [9.17, 15) is 0 Å². The second-order valence-corrected chi connectivity index (χ2v) is 6.73. The van der Waals surface area contributed by atoms with Gasteiger partial charge < -0.3 is 5.11 Å². The van der Waals surface area contributed by atoms with Crippen LogP contribution in [0.4, 0.5) is 0 Å². The van der Waals surface area contributed by atoms with Crippen molar-refractivity contribution in [3.63, 3.8) is 0 Å². The predicted molar refractivity (Wildman–Crippen MR) is 87.9 cm³/mol. The monoisotopic (exact) mass is 285 g/mol. The van der Waals surface area contributed by atoms with Crippen LogP contribution < -0.4 is 0 Å². The van der Waals surface area contributed by atoms with Gasteiger partial charge in [0.15, 0.2) is 0 Å². The molecule has 0 aliphatic carbocycles. The summed E-state index contributed by atoms with van der Waals surface area (Å²) in [5.74, 6) is 6.23. The van der Waals surface area contributed by atoms with Gasteiger partial charge in [-0.3, -0.25) is 4.90 Å². The van der Waals surface area contributed by atoms with Gasteiger partial charge in [0.25, 0.3) is 0 Å². The maximum absolute atomic E-state index is 8.84. The number of benzene rings is 1. The Morgan fingerprint density at radius 3 is 2.81 bits per heavy atom. The lowest BCUT2D eigenvalue weighted by Crippen LogP contribution is -2.25. The summed E-state index contributed by atoms with van der Waals surface area (Å²) in [6, 6.07) is 8.40. The minimum atomic E-state index is 0.135. The van der Waals surface area contributed by atoms with Crippen LogP contribution in [-0.4, -0.2) is 29.7 Å². The molecule has 0 atom stereocenters. The molecular weight excluding hydrogens is 258 g/mol. The Morgan fingerprint density at radius 1 is 1.19 bits per heavy atom. The summed E-state index contributed by atoms with van der Waals surface area (Å²) in [4.78, 5) is 2.56. The van der Waals surface area contributed by atoms with Crippen molar-refractivity contribution in [1.29, 1.82) is 0 Å². The molecule has 1 aliphatic rings. The lowest BCUT2D eigenvalue weighted by molar-refractivity contribution is 0.255. The molecule has 0 bridgehead atoms. The smallest absolute Gasteiger partial charge is 0.0540 e. The zero-order chi connectivity index (χ0) is 15.1. The van der Waals surface area contributed by atoms with E-state index in [1.165, 1.54) is 37.9 Å². The van der Waals surface area contributed by atoms with E-state index in [0.29, 0.717) is 11.8 Å². The second-order valence-electron chi connectivity index (χ2n) is 6.73. The molecule has 0 saturated carbocycles. The van der Waals surface area contributed by atoms with Crippen LogP contribution in [0.2, 0.25) is 0 Å². The normalized spacial score (nSPS) is 18.6. The summed E-state index contributed by atoms with van der Waals surface area (Å²) < 4.78 is 0. The third-order valence-electron chi connectivity index (χ3n) is 4.30. The summed E-state index contributed by atoms with van der Waals surface area (Å²) >= 11 is 0. The van der Waals surface area contributed by atoms with Gasteiger partial charge in [-0.1, -0.05) is 43.9 Å². The van der Waals surface area contributed by atoms with Crippen LogP contribution in [0, 0.1) is 17.3 Å². The molecule has 2 nitrogen and oxygen atoms in total. The number of hydrogen-bond donors (Lipinski definition) is 1. The third kappa shape index (κ3) is 5.19. The fourth-order valence-electron chi connectivity index (χ4n) is 2.87. The average Bonchev–Trinajstić information content (AvgIpc) is 2.62. The molecular formula is C19H27NO. The van der Waals surface area contributed by atoms with Crippen LogP contribution in [0.3, 0.4) is 0 Å². The molecule has 1 fully saturated rings. The molecule has 1 N–H and O–H groups in total. The Hall–Kier alpha value is -1.30. The molecule has 0 amide bonds. The summed E-state index contributed by atoms with van der Waals surface area (Å²) in [5, 5.41) is 8.84. The average molecular weight is 285 g/mol. The first kappa shape index (κ1) is 16.1. The Labute approximate surface area is 129 Å². The highest BCUT2D eigenvalue weighted by atomic mass is 16.2. The van der Waals surface area contributed by atoms with Gasteiger partial charge in [-0.05, 0) is 49.4 Å². The number of nitrogens with zero attached hydrogens (tertiary/aromatic N) is 1. The van der Waals surface area contributed by atoms with Gasteiger partial charge in [0.1, 0.15) is 0 Å². The maximum atomic E-state index is 8.84. The molecule has 0 aromatic heterocycles. The molecule has 2 rings (SSSR count). The van der Waals surface area contributed by atoms with Gasteiger partial charge >= 0.3 is 0 Å². The van der Waals surface area contributed by atoms with Crippen LogP contribution in [0.25, 0.3) is 0 Å². The summed E-state index contributed by atoms with van der Waals surface area (Å²) in [6.45, 7) is 8.24. The minimum absolute atomic E-state index is 0.135. The maximum Gasteiger partial charge on any atom is 0.0540 e. The van der Waals surface area contributed by atoms with E-state index in [0.717, 1.165) is 12.1 Å². The van der Waals surface area contributed by atoms with Crippen molar-refractivity contribution >= 4 is 0 Å². The Balaban J connectivity index is 2.04. The zero-order valence-corrected chi connectivity index (χ0v) is 13.4. The van der Waals surface area contributed by atoms with Gasteiger partial charge in [0, 0.05) is 18.5 Å². The van der Waals surface area contributed by atoms with E-state index >= 15 is 0 Å². The lowest BCUT2D eigenvalue weighted by Gasteiger charge is -2.23. The van der Waals surface area contributed by atoms with Crippen molar-refractivity contribution in [2.75, 3.05) is 19.7 Å². The molecule has 0 unspecified atom stereocenters. The molecule has 1 aromatic rings. The fraction of sp³-hybridized carbons (Fsp3) is 0.579. The molecule has 1 heterocycles. The van der Waals surface area contributed by atoms with Crippen molar-refractivity contribution in [3.8, 4) is 11.8 Å². The zero-order valence-electron chi connectivity index (χ0n) is 13.4. The summed E-state index contributed by atoms with van der Waals surface area (Å²) in [7, 11) is 0. The van der Waals surface area contributed by atoms with E-state index in [4.69, 9.17) is 5.11 Å². The summed E-state index contributed by atoms with van der Waals surface area (Å²) in [6.07, 6.45) is 4.42. The Bertz CT molecular complexity index is 510. The molecule has 114 valence electrons. The number of likely N-dealkylation sites (tertiary alicyclic amines) is 1. The van der Waals surface area contributed by atoms with Gasteiger partial charge in [0.05, 0.1) is 6.61 Å². The molecule has 1 saturated heterocycles. The van der Waals surface area contributed by atoms with E-state index in [-0.39, 0.29) is 6.61 Å². The highest BCUT2D eigenvalue weighted by Crippen LogP contribution is 2.30. The Kier molecular flexibility index (Phi) is 5.85. The first-order valence-electron chi connectivity index (χ1n) is 8.01. The first-order chi connectivity index (χ1) is 10.1. The topological polar surface area (TPSA) is 23.5 Å². The van der Waals surface area contributed by atoms with Gasteiger partial charge in [-0.25, -0.2) is 0 Å². The fourth-order valence-corrected chi connectivity index (χ4v) is 2.87. The first-order valence-corrected chi connectivity index (χ1v) is 8.01. The highest BCUT2D eigenvalue weighted by molar-refractivity contribution is 5.41. The van der Waals surface area contributed by atoms with Crippen molar-refractivity contribution < 1.29 is 5.11 Å². The lowest BCUT2D eigenvalue weighted by atomic mass is 9.85. The van der Waals surface area contributed by atoms with Crippen molar-refractivity contribution in [2.24, 2.45) is 5.41 Å². The minimum Gasteiger partial charge on any atom is -0.395 e. The van der Waals surface area contributed by atoms with Crippen molar-refractivity contribution in [2.45, 2.75) is 46.1 Å². The largest absolute Gasteiger partial charge is 0.395 e. The SMILES string of the molecule is CC1(C)CCCN(Cc2ccccc2C#CCCO)CC1. The molecule has 0 spiro atoms. The van der Waals surface area contributed by atoms with Crippen LogP contribution in [0.15, 0.2) is 24.3 Å². The van der Waals surface area contributed by atoms with E-state index in [1.54, 1.807) is 0 Å². The molecule has 2 heteroatoms. The quantitative estimate of drug-likeness (QED) is 0.860. The molecule has 1 aliphatic heterocycles. The van der Waals surface area contributed by atoms with Gasteiger partial charge in [0.2, 0.25) is 0 Å². The van der Waals surface area contributed by atoms with Crippen LogP contribution in [0.1, 0.15) is 50.7 Å². The van der Waals surface area contributed by atoms with Gasteiger partial charge in [-0.15, -0.1) is 0 Å². The molecule has 21 heavy (non-hydrogen) atoms. The Morgan fingerprint density at radius 2 is 2.00 bits per heavy atom. The van der Waals surface area contributed by atoms with Crippen molar-refractivity contribution in [1.82, 2.24) is 4.90 Å². The van der Waals surface area contributed by atoms with Gasteiger partial charge in [-0.2, -0.15) is 0 Å². The number of aliphatic hydroxyl groups excluding tert-OH is 1. The van der Waals surface area contributed by atoms with E-state index in [1.807, 2.05) is 6.07 Å². The highest BCUT2D eigenvalue weighted by Gasteiger charge is 2.23. The van der Waals surface area contributed by atoms with Crippen molar-refractivity contribution in [3.05, 3.63) is 35.4 Å². The summed E-state index contributed by atoms with van der Waals surface area (Å²) in [5.41, 5.74) is 2.90. The van der Waals surface area contributed by atoms with E-state index in [2.05, 4.69) is 48.8 Å². The van der Waals surface area contributed by atoms with Crippen LogP contribution >= 0.6 is 0 Å². The number of aliphatic hydroxyl groups is 1. The molecule has 0 radical (unpaired) electrons. The second kappa shape index (κ2) is 7.64. The number of rotatable bonds is 3. The van der Waals surface area contributed by atoms with Crippen LogP contribution in [0.5, 0.6) is 0 Å². The van der Waals surface area contributed by atoms with Crippen LogP contribution in [-0.2, 0) is 6.54 Å². The standard InChI is InChI=1S/C19H27NO/c1-19(2)11-7-13-20(14-12-19)16-18-10-4-3-8-17(18)9-5-6-15-21/h3-4,8,10,21H,6-7,11-16H2,1-2H3. The number of hydrogen-bond acceptors (Lipinski definition) is 2. The predicted octanol–water partition coefficient (Wildman–Crippen LogP) is 3.43. The van der Waals surface area contributed by atoms with E-state index < -0.39 is 0 Å². The third-order valence-corrected chi connectivity index (χ3v) is 4.30. The molecule has 1 aromatic carbocycles.